The lowest BCUT2D eigenvalue weighted by Crippen LogP contribution is -2.31. The number of benzene rings is 1. The molecule has 0 aliphatic carbocycles. The number of thiazole rings is 1. The molecule has 26 heavy (non-hydrogen) atoms. The molecule has 0 unspecified atom stereocenters. The summed E-state index contributed by atoms with van der Waals surface area (Å²) in [6.07, 6.45) is 2.88. The summed E-state index contributed by atoms with van der Waals surface area (Å²) < 4.78 is 2.91. The number of fused-ring (bicyclic) bond motifs is 1. The van der Waals surface area contributed by atoms with Crippen LogP contribution in [0.2, 0.25) is 0 Å². The average molecular weight is 369 g/mol. The van der Waals surface area contributed by atoms with E-state index in [1.807, 2.05) is 36.2 Å². The number of amides is 1. The number of carbonyl (C=O) groups is 1. The van der Waals surface area contributed by atoms with Crippen molar-refractivity contribution >= 4 is 27.5 Å². The summed E-state index contributed by atoms with van der Waals surface area (Å²) in [5.74, 6) is 0.590. The highest BCUT2D eigenvalue weighted by atomic mass is 32.1. The van der Waals surface area contributed by atoms with E-state index in [1.54, 1.807) is 16.0 Å². The van der Waals surface area contributed by atoms with Crippen LogP contribution in [0.5, 0.6) is 0 Å². The molecule has 1 aromatic carbocycles. The van der Waals surface area contributed by atoms with Gasteiger partial charge in [0.2, 0.25) is 0 Å². The summed E-state index contributed by atoms with van der Waals surface area (Å²) in [6, 6.07) is 10.2. The van der Waals surface area contributed by atoms with Gasteiger partial charge in [-0.25, -0.2) is 4.98 Å². The molecule has 0 spiro atoms. The molecule has 1 aliphatic heterocycles. The van der Waals surface area contributed by atoms with Gasteiger partial charge >= 0.3 is 0 Å². The van der Waals surface area contributed by atoms with Gasteiger partial charge in [0.15, 0.2) is 0 Å². The molecule has 0 N–H and O–H groups in total. The second-order valence-corrected chi connectivity index (χ2v) is 8.48. The van der Waals surface area contributed by atoms with Crippen molar-refractivity contribution < 1.29 is 4.79 Å². The molecule has 6 heteroatoms. The molecule has 1 atom stereocenters. The van der Waals surface area contributed by atoms with Crippen molar-refractivity contribution in [2.75, 3.05) is 6.54 Å². The van der Waals surface area contributed by atoms with Gasteiger partial charge in [0.1, 0.15) is 10.7 Å². The minimum absolute atomic E-state index is 0.0664. The largest absolute Gasteiger partial charge is 0.328 e. The highest BCUT2D eigenvalue weighted by Gasteiger charge is 2.34. The third kappa shape index (κ3) is 3.14. The zero-order valence-electron chi connectivity index (χ0n) is 15.5. The second kappa shape index (κ2) is 6.83. The van der Waals surface area contributed by atoms with Crippen LogP contribution < -0.4 is 0 Å². The third-order valence-corrected chi connectivity index (χ3v) is 6.01. The fraction of sp³-hybridized carbons (Fsp3) is 0.450. The van der Waals surface area contributed by atoms with Crippen LogP contribution in [0.25, 0.3) is 10.2 Å². The van der Waals surface area contributed by atoms with Gasteiger partial charge < -0.3 is 4.90 Å². The van der Waals surface area contributed by atoms with Crippen LogP contribution in [-0.2, 0) is 13.5 Å². The smallest absolute Gasteiger partial charge is 0.272 e. The lowest BCUT2D eigenvalue weighted by Gasteiger charge is -2.22. The molecule has 0 saturated carbocycles. The van der Waals surface area contributed by atoms with Gasteiger partial charge in [-0.05, 0) is 43.4 Å². The molecular formula is C20H24N4OS. The molecule has 1 aliphatic rings. The number of aryl methyl sites for hydroxylation is 1. The first-order chi connectivity index (χ1) is 12.5. The molecule has 5 nitrogen and oxygen atoms in total. The molecular weight excluding hydrogens is 344 g/mol. The molecule has 0 bridgehead atoms. The Bertz CT molecular complexity index is 909. The number of hydrogen-bond acceptors (Lipinski definition) is 4. The van der Waals surface area contributed by atoms with Gasteiger partial charge in [0.25, 0.3) is 5.91 Å². The Kier molecular flexibility index (Phi) is 4.53. The van der Waals surface area contributed by atoms with E-state index in [0.717, 1.165) is 42.0 Å². The summed E-state index contributed by atoms with van der Waals surface area (Å²) in [5, 5.41) is 5.58. The van der Waals surface area contributed by atoms with E-state index in [2.05, 4.69) is 25.0 Å². The molecule has 1 saturated heterocycles. The zero-order valence-corrected chi connectivity index (χ0v) is 16.3. The number of aromatic nitrogens is 3. The highest BCUT2D eigenvalue weighted by molar-refractivity contribution is 7.18. The number of para-hydroxylation sites is 1. The maximum Gasteiger partial charge on any atom is 0.272 e. The van der Waals surface area contributed by atoms with Crippen LogP contribution in [0.15, 0.2) is 30.3 Å². The van der Waals surface area contributed by atoms with E-state index >= 15 is 0 Å². The minimum atomic E-state index is 0.0664. The summed E-state index contributed by atoms with van der Waals surface area (Å²) in [4.78, 5) is 20.0. The van der Waals surface area contributed by atoms with Gasteiger partial charge in [-0.2, -0.15) is 5.10 Å². The normalized spacial score (nSPS) is 17.5. The third-order valence-electron chi connectivity index (χ3n) is 4.88. The predicted molar refractivity (Wildman–Crippen MR) is 104 cm³/mol. The molecule has 136 valence electrons. The van der Waals surface area contributed by atoms with Gasteiger partial charge in [0.05, 0.1) is 22.0 Å². The van der Waals surface area contributed by atoms with E-state index < -0.39 is 0 Å². The SMILES string of the molecule is CC(C)Cc1cc(C(=O)N2CCC[C@@H]2c2nc3ccccc3s2)n(C)n1. The predicted octanol–water partition coefficient (Wildman–Crippen LogP) is 4.21. The van der Waals surface area contributed by atoms with Crippen molar-refractivity contribution in [3.63, 3.8) is 0 Å². The van der Waals surface area contributed by atoms with Crippen molar-refractivity contribution in [2.24, 2.45) is 13.0 Å². The van der Waals surface area contributed by atoms with E-state index in [9.17, 15) is 4.79 Å². The van der Waals surface area contributed by atoms with Crippen molar-refractivity contribution in [1.29, 1.82) is 0 Å². The maximum atomic E-state index is 13.2. The van der Waals surface area contributed by atoms with Crippen molar-refractivity contribution in [3.8, 4) is 0 Å². The van der Waals surface area contributed by atoms with Crippen molar-refractivity contribution in [3.05, 3.63) is 46.7 Å². The van der Waals surface area contributed by atoms with Gasteiger partial charge in [-0.15, -0.1) is 11.3 Å². The standard InChI is InChI=1S/C20H24N4OS/c1-13(2)11-14-12-17(23(3)22-14)20(25)24-10-6-8-16(24)19-21-15-7-4-5-9-18(15)26-19/h4-5,7,9,12-13,16H,6,8,10-11H2,1-3H3/t16-/m1/s1. The first-order valence-corrected chi connectivity index (χ1v) is 10.0. The Labute approximate surface area is 157 Å². The van der Waals surface area contributed by atoms with Crippen molar-refractivity contribution in [2.45, 2.75) is 39.2 Å². The fourth-order valence-corrected chi connectivity index (χ4v) is 4.81. The molecule has 1 amide bonds. The van der Waals surface area contributed by atoms with Crippen LogP contribution >= 0.6 is 11.3 Å². The van der Waals surface area contributed by atoms with E-state index in [-0.39, 0.29) is 11.9 Å². The molecule has 3 heterocycles. The monoisotopic (exact) mass is 368 g/mol. The van der Waals surface area contributed by atoms with Gasteiger partial charge in [-0.1, -0.05) is 26.0 Å². The van der Waals surface area contributed by atoms with Gasteiger partial charge in [-0.3, -0.25) is 9.48 Å². The van der Waals surface area contributed by atoms with Gasteiger partial charge in [0, 0.05) is 13.6 Å². The van der Waals surface area contributed by atoms with Crippen LogP contribution in [0.3, 0.4) is 0 Å². The topological polar surface area (TPSA) is 51.0 Å². The number of hydrogen-bond donors (Lipinski definition) is 0. The molecule has 4 rings (SSSR count). The van der Waals surface area contributed by atoms with E-state index in [1.165, 1.54) is 4.70 Å². The molecule has 3 aromatic rings. The Balaban J connectivity index is 1.62. The summed E-state index contributed by atoms with van der Waals surface area (Å²) in [7, 11) is 1.86. The second-order valence-electron chi connectivity index (χ2n) is 7.42. The quantitative estimate of drug-likeness (QED) is 0.693. The summed E-state index contributed by atoms with van der Waals surface area (Å²) in [5.41, 5.74) is 2.68. The Morgan fingerprint density at radius 2 is 2.15 bits per heavy atom. The van der Waals surface area contributed by atoms with Crippen LogP contribution in [-0.4, -0.2) is 32.1 Å². The fourth-order valence-electron chi connectivity index (χ4n) is 3.69. The molecule has 2 aromatic heterocycles. The molecule has 0 radical (unpaired) electrons. The van der Waals surface area contributed by atoms with Crippen molar-refractivity contribution in [1.82, 2.24) is 19.7 Å². The number of nitrogens with zero attached hydrogens (tertiary/aromatic N) is 4. The number of carbonyl (C=O) groups excluding carboxylic acids is 1. The molecule has 1 fully saturated rings. The van der Waals surface area contributed by atoms with Crippen LogP contribution in [0.1, 0.15) is 53.9 Å². The zero-order chi connectivity index (χ0) is 18.3. The first-order valence-electron chi connectivity index (χ1n) is 9.22. The van der Waals surface area contributed by atoms with Crippen LogP contribution in [0, 0.1) is 5.92 Å². The van der Waals surface area contributed by atoms with E-state index in [4.69, 9.17) is 4.98 Å². The van der Waals surface area contributed by atoms with Crippen LogP contribution in [0.4, 0.5) is 0 Å². The average Bonchev–Trinajstić information content (AvgIpc) is 3.30. The number of rotatable bonds is 4. The Hall–Kier alpha value is -2.21. The highest BCUT2D eigenvalue weighted by Crippen LogP contribution is 2.37. The lowest BCUT2D eigenvalue weighted by molar-refractivity contribution is 0.0724. The lowest BCUT2D eigenvalue weighted by atomic mass is 10.1. The first kappa shape index (κ1) is 17.2. The maximum absolute atomic E-state index is 13.2. The minimum Gasteiger partial charge on any atom is -0.328 e. The van der Waals surface area contributed by atoms with E-state index in [0.29, 0.717) is 11.6 Å². The Morgan fingerprint density at radius 3 is 2.92 bits per heavy atom. The Morgan fingerprint density at radius 1 is 1.35 bits per heavy atom. The summed E-state index contributed by atoms with van der Waals surface area (Å²) in [6.45, 7) is 5.11. The number of likely N-dealkylation sites (tertiary alicyclic amines) is 1. The summed E-state index contributed by atoms with van der Waals surface area (Å²) >= 11 is 1.70.